The van der Waals surface area contributed by atoms with E-state index < -0.39 is 0 Å². The fourth-order valence-corrected chi connectivity index (χ4v) is 5.07. The number of benzene rings is 1. The second kappa shape index (κ2) is 8.75. The maximum atomic E-state index is 14.8. The lowest BCUT2D eigenvalue weighted by atomic mass is 9.68. The van der Waals surface area contributed by atoms with Gasteiger partial charge in [0.2, 0.25) is 0 Å². The van der Waals surface area contributed by atoms with E-state index in [0.29, 0.717) is 18.3 Å². The molecule has 3 rings (SSSR count). The zero-order chi connectivity index (χ0) is 17.8. The normalized spacial score (nSPS) is 30.2. The summed E-state index contributed by atoms with van der Waals surface area (Å²) in [5.41, 5.74) is 0.796. The van der Waals surface area contributed by atoms with Crippen LogP contribution in [0.4, 0.5) is 4.39 Å². The number of halogens is 2. The van der Waals surface area contributed by atoms with Gasteiger partial charge in [0.05, 0.1) is 6.61 Å². The number of hydrogen-bond donors (Lipinski definition) is 0. The molecule has 1 aromatic carbocycles. The van der Waals surface area contributed by atoms with Crippen molar-refractivity contribution in [2.24, 2.45) is 17.8 Å². The molecule has 0 saturated heterocycles. The molecule has 2 saturated carbocycles. The Labute approximate surface area is 157 Å². The Bertz CT molecular complexity index is 557. The van der Waals surface area contributed by atoms with Crippen molar-refractivity contribution in [1.82, 2.24) is 0 Å². The van der Waals surface area contributed by atoms with E-state index in [0.717, 1.165) is 42.6 Å². The summed E-state index contributed by atoms with van der Waals surface area (Å²) in [5, 5.41) is 0.161. The Morgan fingerprint density at radius 3 is 2.20 bits per heavy atom. The topological polar surface area (TPSA) is 9.23 Å². The van der Waals surface area contributed by atoms with Gasteiger partial charge in [0, 0.05) is 0 Å². The van der Waals surface area contributed by atoms with Crippen molar-refractivity contribution >= 4 is 11.6 Å². The van der Waals surface area contributed by atoms with E-state index in [-0.39, 0.29) is 10.8 Å². The van der Waals surface area contributed by atoms with Crippen LogP contribution in [0.2, 0.25) is 5.02 Å². The molecule has 0 aromatic heterocycles. The molecule has 0 bridgehead atoms. The van der Waals surface area contributed by atoms with Crippen LogP contribution >= 0.6 is 11.6 Å². The van der Waals surface area contributed by atoms with Gasteiger partial charge in [-0.05, 0) is 80.2 Å². The maximum Gasteiger partial charge on any atom is 0.149 e. The first kappa shape index (κ1) is 19.0. The van der Waals surface area contributed by atoms with E-state index in [1.807, 2.05) is 19.1 Å². The summed E-state index contributed by atoms with van der Waals surface area (Å²) < 4.78 is 20.3. The van der Waals surface area contributed by atoms with Crippen LogP contribution in [0.1, 0.15) is 83.1 Å². The van der Waals surface area contributed by atoms with Crippen molar-refractivity contribution < 1.29 is 9.13 Å². The first-order chi connectivity index (χ1) is 12.1. The van der Waals surface area contributed by atoms with Gasteiger partial charge in [-0.1, -0.05) is 44.4 Å². The van der Waals surface area contributed by atoms with Crippen LogP contribution in [0.3, 0.4) is 0 Å². The van der Waals surface area contributed by atoms with Gasteiger partial charge in [0.25, 0.3) is 0 Å². The fraction of sp³-hybridized carbons (Fsp3) is 0.727. The first-order valence-corrected chi connectivity index (χ1v) is 10.6. The summed E-state index contributed by atoms with van der Waals surface area (Å²) in [6, 6.07) is 3.75. The van der Waals surface area contributed by atoms with Crippen molar-refractivity contribution in [2.45, 2.75) is 77.6 Å². The van der Waals surface area contributed by atoms with Crippen molar-refractivity contribution in [2.75, 3.05) is 6.61 Å². The van der Waals surface area contributed by atoms with Gasteiger partial charge in [-0.3, -0.25) is 0 Å². The fourth-order valence-electron chi connectivity index (χ4n) is 4.84. The van der Waals surface area contributed by atoms with Crippen LogP contribution in [0, 0.1) is 23.6 Å². The van der Waals surface area contributed by atoms with Crippen molar-refractivity contribution in [1.29, 1.82) is 0 Å². The molecule has 0 unspecified atom stereocenters. The lowest BCUT2D eigenvalue weighted by Gasteiger charge is -2.37. The second-order valence-electron chi connectivity index (χ2n) is 8.26. The Kier molecular flexibility index (Phi) is 6.66. The third-order valence-corrected chi connectivity index (χ3v) is 6.83. The van der Waals surface area contributed by atoms with Crippen LogP contribution in [0.5, 0.6) is 5.75 Å². The largest absolute Gasteiger partial charge is 0.492 e. The summed E-state index contributed by atoms with van der Waals surface area (Å²) in [6.07, 6.45) is 11.2. The number of hydrogen-bond acceptors (Lipinski definition) is 1. The van der Waals surface area contributed by atoms with E-state index >= 15 is 0 Å². The van der Waals surface area contributed by atoms with Gasteiger partial charge in [-0.15, -0.1) is 0 Å². The predicted molar refractivity (Wildman–Crippen MR) is 103 cm³/mol. The van der Waals surface area contributed by atoms with Crippen LogP contribution in [0.25, 0.3) is 0 Å². The van der Waals surface area contributed by atoms with E-state index in [2.05, 4.69) is 6.92 Å². The summed E-state index contributed by atoms with van der Waals surface area (Å²) in [5.74, 6) is 3.22. The Morgan fingerprint density at radius 2 is 1.60 bits per heavy atom. The molecule has 3 heteroatoms. The number of rotatable bonds is 5. The minimum Gasteiger partial charge on any atom is -0.492 e. The first-order valence-electron chi connectivity index (χ1n) is 10.2. The Morgan fingerprint density at radius 1 is 1.00 bits per heavy atom. The molecule has 0 heterocycles. The zero-order valence-electron chi connectivity index (χ0n) is 15.7. The highest BCUT2D eigenvalue weighted by Crippen LogP contribution is 2.45. The molecule has 2 aliphatic rings. The standard InChI is InChI=1S/C22H32ClFO/c1-3-14-25-20-13-12-19(22(24)21(20)23)18-10-8-17(9-11-18)16-6-4-15(2)5-7-16/h12-13,15-18H,3-11,14H2,1-2H3. The van der Waals surface area contributed by atoms with E-state index in [1.165, 1.54) is 38.5 Å². The molecule has 0 amide bonds. The molecule has 0 N–H and O–H groups in total. The number of ether oxygens (including phenoxy) is 1. The van der Waals surface area contributed by atoms with Gasteiger partial charge >= 0.3 is 0 Å². The molecule has 140 valence electrons. The second-order valence-corrected chi connectivity index (χ2v) is 8.64. The summed E-state index contributed by atoms with van der Waals surface area (Å²) in [4.78, 5) is 0. The molecule has 2 fully saturated rings. The average molecular weight is 367 g/mol. The summed E-state index contributed by atoms with van der Waals surface area (Å²) in [6.45, 7) is 4.99. The lowest BCUT2D eigenvalue weighted by Crippen LogP contribution is -2.25. The van der Waals surface area contributed by atoms with Crippen LogP contribution < -0.4 is 4.74 Å². The predicted octanol–water partition coefficient (Wildman–Crippen LogP) is 7.37. The van der Waals surface area contributed by atoms with E-state index in [9.17, 15) is 4.39 Å². The molecule has 0 aliphatic heterocycles. The molecule has 0 spiro atoms. The quantitative estimate of drug-likeness (QED) is 0.528. The highest BCUT2D eigenvalue weighted by Gasteiger charge is 2.31. The Hall–Kier alpha value is -0.760. The molecular weight excluding hydrogens is 335 g/mol. The molecule has 0 atom stereocenters. The molecule has 1 aromatic rings. The minimum absolute atomic E-state index is 0.161. The van der Waals surface area contributed by atoms with Crippen molar-refractivity contribution in [3.8, 4) is 5.75 Å². The van der Waals surface area contributed by atoms with Crippen LogP contribution in [0.15, 0.2) is 12.1 Å². The van der Waals surface area contributed by atoms with Crippen LogP contribution in [-0.4, -0.2) is 6.61 Å². The highest BCUT2D eigenvalue weighted by atomic mass is 35.5. The molecule has 1 nitrogen and oxygen atoms in total. The Balaban J connectivity index is 1.60. The smallest absolute Gasteiger partial charge is 0.149 e. The molecular formula is C22H32ClFO. The lowest BCUT2D eigenvalue weighted by molar-refractivity contribution is 0.164. The van der Waals surface area contributed by atoms with Crippen LogP contribution in [-0.2, 0) is 0 Å². The monoisotopic (exact) mass is 366 g/mol. The zero-order valence-corrected chi connectivity index (χ0v) is 16.5. The van der Waals surface area contributed by atoms with Gasteiger partial charge in [0.1, 0.15) is 16.6 Å². The van der Waals surface area contributed by atoms with Crippen molar-refractivity contribution in [3.63, 3.8) is 0 Å². The average Bonchev–Trinajstić information content (AvgIpc) is 2.64. The molecule has 0 radical (unpaired) electrons. The molecule has 25 heavy (non-hydrogen) atoms. The van der Waals surface area contributed by atoms with Crippen molar-refractivity contribution in [3.05, 3.63) is 28.5 Å². The SMILES string of the molecule is CCCOc1ccc(C2CCC(C3CCC(C)CC3)CC2)c(F)c1Cl. The van der Waals surface area contributed by atoms with E-state index in [4.69, 9.17) is 16.3 Å². The summed E-state index contributed by atoms with van der Waals surface area (Å²) >= 11 is 6.22. The molecule has 2 aliphatic carbocycles. The van der Waals surface area contributed by atoms with E-state index in [1.54, 1.807) is 0 Å². The van der Waals surface area contributed by atoms with Gasteiger partial charge in [-0.2, -0.15) is 0 Å². The third kappa shape index (κ3) is 4.51. The minimum atomic E-state index is -0.259. The highest BCUT2D eigenvalue weighted by molar-refractivity contribution is 6.32. The van der Waals surface area contributed by atoms with Gasteiger partial charge in [-0.25, -0.2) is 4.39 Å². The third-order valence-electron chi connectivity index (χ3n) is 6.48. The van der Waals surface area contributed by atoms with Gasteiger partial charge < -0.3 is 4.74 Å². The summed E-state index contributed by atoms with van der Waals surface area (Å²) in [7, 11) is 0. The maximum absolute atomic E-state index is 14.8. The van der Waals surface area contributed by atoms with Gasteiger partial charge in [0.15, 0.2) is 0 Å².